The summed E-state index contributed by atoms with van der Waals surface area (Å²) in [6, 6.07) is 3.86. The molecule has 0 radical (unpaired) electrons. The first-order valence-corrected chi connectivity index (χ1v) is 9.05. The van der Waals surface area contributed by atoms with E-state index < -0.39 is 17.6 Å². The van der Waals surface area contributed by atoms with Gasteiger partial charge in [0.25, 0.3) is 11.8 Å². The van der Waals surface area contributed by atoms with E-state index in [1.807, 2.05) is 0 Å². The fourth-order valence-electron chi connectivity index (χ4n) is 2.63. The fraction of sp³-hybridized carbons (Fsp3) is 0.389. The Hall–Kier alpha value is -2.59. The van der Waals surface area contributed by atoms with Crippen molar-refractivity contribution in [1.82, 2.24) is 20.4 Å². The maximum Gasteiger partial charge on any atom is 0.272 e. The zero-order valence-electron chi connectivity index (χ0n) is 15.3. The van der Waals surface area contributed by atoms with E-state index in [9.17, 15) is 18.0 Å². The van der Waals surface area contributed by atoms with E-state index in [1.165, 1.54) is 17.0 Å². The van der Waals surface area contributed by atoms with Crippen molar-refractivity contribution in [1.29, 1.82) is 0 Å². The van der Waals surface area contributed by atoms with E-state index in [4.69, 9.17) is 20.8 Å². The number of amides is 1. The highest BCUT2D eigenvalue weighted by atomic mass is 35.5. The molecule has 11 heteroatoms. The molecule has 1 saturated heterocycles. The van der Waals surface area contributed by atoms with Crippen LogP contribution in [0.1, 0.15) is 18.2 Å². The zero-order valence-corrected chi connectivity index (χ0v) is 16.0. The highest BCUT2D eigenvalue weighted by Crippen LogP contribution is 2.27. The molecule has 0 unspecified atom stereocenters. The number of hydrogen-bond donors (Lipinski definition) is 1. The van der Waals surface area contributed by atoms with Crippen LogP contribution in [0.15, 0.2) is 34.9 Å². The second-order valence-corrected chi connectivity index (χ2v) is 7.01. The molecule has 7 nitrogen and oxygen atoms in total. The number of rotatable bonds is 9. The van der Waals surface area contributed by atoms with Gasteiger partial charge in [-0.25, -0.2) is 13.2 Å². The van der Waals surface area contributed by atoms with Gasteiger partial charge in [0.05, 0.1) is 24.7 Å². The summed E-state index contributed by atoms with van der Waals surface area (Å²) in [5.74, 6) is -3.01. The molecule has 2 heterocycles. The van der Waals surface area contributed by atoms with Crippen molar-refractivity contribution >= 4 is 17.5 Å². The first kappa shape index (κ1) is 21.1. The zero-order chi connectivity index (χ0) is 21.0. The lowest BCUT2D eigenvalue weighted by atomic mass is 10.1. The predicted molar refractivity (Wildman–Crippen MR) is 97.0 cm³/mol. The Morgan fingerprint density at radius 1 is 1.34 bits per heavy atom. The van der Waals surface area contributed by atoms with Gasteiger partial charge in [0, 0.05) is 18.2 Å². The number of ether oxygens (including phenoxy) is 1. The van der Waals surface area contributed by atoms with Crippen molar-refractivity contribution in [3.8, 4) is 5.75 Å². The second kappa shape index (κ2) is 8.83. The third kappa shape index (κ3) is 6.20. The SMILES string of the molecule is C=C(CCc1nnc(CN2CC(F)(F)C2)o1)NC(=O)COc1ccc(Cl)c(F)c1. The number of halogens is 4. The number of nitrogens with zero attached hydrogens (tertiary/aromatic N) is 3. The lowest BCUT2D eigenvalue weighted by Crippen LogP contribution is -2.55. The van der Waals surface area contributed by atoms with Gasteiger partial charge >= 0.3 is 0 Å². The van der Waals surface area contributed by atoms with Gasteiger partial charge in [-0.1, -0.05) is 18.2 Å². The first-order valence-electron chi connectivity index (χ1n) is 8.67. The normalized spacial score (nSPS) is 15.6. The summed E-state index contributed by atoms with van der Waals surface area (Å²) in [4.78, 5) is 13.4. The average molecular weight is 431 g/mol. The van der Waals surface area contributed by atoms with Gasteiger partial charge in [-0.3, -0.25) is 9.69 Å². The van der Waals surface area contributed by atoms with Crippen molar-refractivity contribution < 1.29 is 27.1 Å². The highest BCUT2D eigenvalue weighted by molar-refractivity contribution is 6.30. The number of nitrogens with one attached hydrogen (secondary N) is 1. The Morgan fingerprint density at radius 3 is 2.76 bits per heavy atom. The molecule has 1 N–H and O–H groups in total. The molecule has 3 rings (SSSR count). The summed E-state index contributed by atoms with van der Waals surface area (Å²) in [6.07, 6.45) is 0.663. The average Bonchev–Trinajstić information content (AvgIpc) is 3.07. The van der Waals surface area contributed by atoms with Crippen molar-refractivity contribution in [3.05, 3.63) is 53.1 Å². The molecule has 0 bridgehead atoms. The maximum absolute atomic E-state index is 13.3. The molecule has 1 aliphatic heterocycles. The van der Waals surface area contributed by atoms with Crippen LogP contribution in [0.3, 0.4) is 0 Å². The van der Waals surface area contributed by atoms with Gasteiger partial charge in [-0.15, -0.1) is 10.2 Å². The topological polar surface area (TPSA) is 80.5 Å². The molecule has 0 saturated carbocycles. The third-order valence-electron chi connectivity index (χ3n) is 4.00. The molecule has 156 valence electrons. The smallest absolute Gasteiger partial charge is 0.272 e. The standard InChI is InChI=1S/C18H18ClF3N4O3/c1-11(23-15(27)8-28-12-3-4-13(19)14(20)6-12)2-5-16-24-25-17(29-16)7-26-9-18(21,22)10-26/h3-4,6H,1-2,5,7-10H2,(H,23,27). The lowest BCUT2D eigenvalue weighted by molar-refractivity contribution is -0.135. The lowest BCUT2D eigenvalue weighted by Gasteiger charge is -2.37. The Bertz CT molecular complexity index is 898. The molecule has 0 spiro atoms. The van der Waals surface area contributed by atoms with E-state index in [0.717, 1.165) is 6.07 Å². The van der Waals surface area contributed by atoms with E-state index in [0.29, 0.717) is 24.4 Å². The largest absolute Gasteiger partial charge is 0.484 e. The van der Waals surface area contributed by atoms with Crippen LogP contribution in [0.5, 0.6) is 5.75 Å². The van der Waals surface area contributed by atoms with Gasteiger partial charge in [0.1, 0.15) is 11.6 Å². The van der Waals surface area contributed by atoms with E-state index in [-0.39, 0.29) is 42.9 Å². The fourth-order valence-corrected chi connectivity index (χ4v) is 2.75. The minimum Gasteiger partial charge on any atom is -0.484 e. The highest BCUT2D eigenvalue weighted by Gasteiger charge is 2.44. The number of carbonyl (C=O) groups is 1. The number of hydrogen-bond acceptors (Lipinski definition) is 6. The monoisotopic (exact) mass is 430 g/mol. The summed E-state index contributed by atoms with van der Waals surface area (Å²) >= 11 is 5.57. The summed E-state index contributed by atoms with van der Waals surface area (Å²) in [7, 11) is 0. The number of aromatic nitrogens is 2. The van der Waals surface area contributed by atoms with Crippen LogP contribution in [0.25, 0.3) is 0 Å². The number of likely N-dealkylation sites (tertiary alicyclic amines) is 1. The molecular formula is C18H18ClF3N4O3. The quantitative estimate of drug-likeness (QED) is 0.659. The molecule has 0 atom stereocenters. The molecule has 1 aliphatic rings. The van der Waals surface area contributed by atoms with Crippen LogP contribution in [0.4, 0.5) is 13.2 Å². The Kier molecular flexibility index (Phi) is 6.43. The Labute approximate surface area is 169 Å². The Morgan fingerprint density at radius 2 is 2.07 bits per heavy atom. The van der Waals surface area contributed by atoms with Crippen molar-refractivity contribution in [2.45, 2.75) is 25.3 Å². The summed E-state index contributed by atoms with van der Waals surface area (Å²) in [6.45, 7) is 2.94. The summed E-state index contributed by atoms with van der Waals surface area (Å²) in [5, 5.41) is 10.2. The van der Waals surface area contributed by atoms with Crippen LogP contribution in [0.2, 0.25) is 5.02 Å². The molecule has 2 aromatic rings. The number of benzene rings is 1. The first-order chi connectivity index (χ1) is 13.7. The van der Waals surface area contributed by atoms with Crippen LogP contribution < -0.4 is 10.1 Å². The van der Waals surface area contributed by atoms with Gasteiger partial charge in [-0.05, 0) is 18.6 Å². The molecule has 1 fully saturated rings. The molecule has 29 heavy (non-hydrogen) atoms. The van der Waals surface area contributed by atoms with Crippen molar-refractivity contribution in [3.63, 3.8) is 0 Å². The molecular weight excluding hydrogens is 413 g/mol. The maximum atomic E-state index is 13.3. The van der Waals surface area contributed by atoms with Crippen LogP contribution in [0, 0.1) is 5.82 Å². The minimum absolute atomic E-state index is 0.0397. The van der Waals surface area contributed by atoms with E-state index >= 15 is 0 Å². The van der Waals surface area contributed by atoms with E-state index in [1.54, 1.807) is 0 Å². The van der Waals surface area contributed by atoms with Gasteiger partial charge in [-0.2, -0.15) is 0 Å². The van der Waals surface area contributed by atoms with Crippen molar-refractivity contribution in [2.75, 3.05) is 19.7 Å². The number of aryl methyl sites for hydroxylation is 1. The Balaban J connectivity index is 1.36. The number of carbonyl (C=O) groups excluding carboxylic acids is 1. The minimum atomic E-state index is -2.65. The van der Waals surface area contributed by atoms with Gasteiger partial charge < -0.3 is 14.5 Å². The van der Waals surface area contributed by atoms with Crippen LogP contribution >= 0.6 is 11.6 Å². The van der Waals surface area contributed by atoms with Gasteiger partial charge in [0.15, 0.2) is 6.61 Å². The molecule has 1 aromatic carbocycles. The number of allylic oxidation sites excluding steroid dienone is 1. The number of alkyl halides is 2. The molecule has 1 aromatic heterocycles. The van der Waals surface area contributed by atoms with Crippen LogP contribution in [-0.4, -0.2) is 46.6 Å². The predicted octanol–water partition coefficient (Wildman–Crippen LogP) is 2.95. The summed E-state index contributed by atoms with van der Waals surface area (Å²) < 4.78 is 49.5. The molecule has 1 amide bonds. The molecule has 0 aliphatic carbocycles. The van der Waals surface area contributed by atoms with Gasteiger partial charge in [0.2, 0.25) is 11.8 Å². The summed E-state index contributed by atoms with van der Waals surface area (Å²) in [5.41, 5.74) is 0.406. The second-order valence-electron chi connectivity index (χ2n) is 6.61. The third-order valence-corrected chi connectivity index (χ3v) is 4.30. The van der Waals surface area contributed by atoms with Crippen molar-refractivity contribution in [2.24, 2.45) is 0 Å². The van der Waals surface area contributed by atoms with E-state index in [2.05, 4.69) is 22.1 Å². The van der Waals surface area contributed by atoms with Crippen LogP contribution in [-0.2, 0) is 17.8 Å².